The van der Waals surface area contributed by atoms with Gasteiger partial charge in [-0.3, -0.25) is 14.5 Å². The third kappa shape index (κ3) is 1.59. The summed E-state index contributed by atoms with van der Waals surface area (Å²) in [4.78, 5) is 27.4. The van der Waals surface area contributed by atoms with E-state index < -0.39 is 0 Å². The van der Waals surface area contributed by atoms with E-state index in [4.69, 9.17) is 0 Å². The Hall–Kier alpha value is -1.10. The minimum Gasteiger partial charge on any atom is -0.356 e. The van der Waals surface area contributed by atoms with Crippen molar-refractivity contribution in [3.63, 3.8) is 0 Å². The molecule has 2 amide bonds. The first kappa shape index (κ1) is 11.4. The molecule has 5 heteroatoms. The molecule has 1 N–H and O–H groups in total. The van der Waals surface area contributed by atoms with Crippen molar-refractivity contribution < 1.29 is 9.59 Å². The first-order valence-electron chi connectivity index (χ1n) is 5.66. The molecule has 2 fully saturated rings. The van der Waals surface area contributed by atoms with E-state index in [1.165, 1.54) is 0 Å². The highest BCUT2D eigenvalue weighted by molar-refractivity contribution is 5.88. The van der Waals surface area contributed by atoms with Crippen LogP contribution in [0, 0.1) is 5.41 Å². The van der Waals surface area contributed by atoms with Crippen molar-refractivity contribution in [1.82, 2.24) is 15.1 Å². The van der Waals surface area contributed by atoms with E-state index in [-0.39, 0.29) is 23.3 Å². The molecule has 2 aliphatic heterocycles. The zero-order valence-corrected chi connectivity index (χ0v) is 10.1. The lowest BCUT2D eigenvalue weighted by molar-refractivity contribution is -0.133. The fourth-order valence-corrected chi connectivity index (χ4v) is 2.81. The highest BCUT2D eigenvalue weighted by Gasteiger charge is 2.52. The van der Waals surface area contributed by atoms with Crippen molar-refractivity contribution in [2.45, 2.75) is 18.9 Å². The Morgan fingerprint density at radius 2 is 2.25 bits per heavy atom. The normalized spacial score (nSPS) is 34.4. The predicted molar refractivity (Wildman–Crippen MR) is 59.8 cm³/mol. The fourth-order valence-electron chi connectivity index (χ4n) is 2.81. The lowest BCUT2D eigenvalue weighted by Crippen LogP contribution is -2.40. The van der Waals surface area contributed by atoms with E-state index in [1.54, 1.807) is 19.0 Å². The van der Waals surface area contributed by atoms with E-state index in [0.717, 1.165) is 13.0 Å². The summed E-state index contributed by atoms with van der Waals surface area (Å²) in [5.74, 6) is 0.215. The van der Waals surface area contributed by atoms with Gasteiger partial charge in [-0.25, -0.2) is 0 Å². The van der Waals surface area contributed by atoms with Crippen molar-refractivity contribution in [2.24, 2.45) is 5.41 Å². The van der Waals surface area contributed by atoms with Gasteiger partial charge in [-0.1, -0.05) is 0 Å². The second kappa shape index (κ2) is 3.73. The molecule has 1 spiro atoms. The van der Waals surface area contributed by atoms with Gasteiger partial charge < -0.3 is 10.2 Å². The molecule has 0 bridgehead atoms. The standard InChI is InChI=1S/C11H19N3O2/c1-13(2)9(15)8-6-11(7-14(8)3)4-5-12-10(11)16/h8H,4-7H2,1-3H3,(H,12,16). The monoisotopic (exact) mass is 225 g/mol. The number of amides is 2. The Morgan fingerprint density at radius 3 is 2.75 bits per heavy atom. The van der Waals surface area contributed by atoms with E-state index >= 15 is 0 Å². The minimum atomic E-state index is -0.314. The fraction of sp³-hybridized carbons (Fsp3) is 0.818. The van der Waals surface area contributed by atoms with Gasteiger partial charge in [0, 0.05) is 27.2 Å². The smallest absolute Gasteiger partial charge is 0.239 e. The summed E-state index contributed by atoms with van der Waals surface area (Å²) >= 11 is 0. The molecule has 2 rings (SSSR count). The molecule has 90 valence electrons. The minimum absolute atomic E-state index is 0.0964. The highest BCUT2D eigenvalue weighted by atomic mass is 16.2. The van der Waals surface area contributed by atoms with Crippen LogP contribution in [0.1, 0.15) is 12.8 Å². The Labute approximate surface area is 95.8 Å². The summed E-state index contributed by atoms with van der Waals surface area (Å²) in [7, 11) is 5.44. The molecular formula is C11H19N3O2. The van der Waals surface area contributed by atoms with Crippen molar-refractivity contribution in [2.75, 3.05) is 34.2 Å². The van der Waals surface area contributed by atoms with Gasteiger partial charge in [-0.05, 0) is 19.9 Å². The third-order valence-electron chi connectivity index (χ3n) is 3.76. The molecule has 16 heavy (non-hydrogen) atoms. The maximum atomic E-state index is 12.0. The lowest BCUT2D eigenvalue weighted by Gasteiger charge is -2.21. The van der Waals surface area contributed by atoms with Gasteiger partial charge in [-0.2, -0.15) is 0 Å². The number of nitrogens with zero attached hydrogens (tertiary/aromatic N) is 2. The van der Waals surface area contributed by atoms with E-state index in [1.807, 2.05) is 11.9 Å². The van der Waals surface area contributed by atoms with Crippen molar-refractivity contribution >= 4 is 11.8 Å². The van der Waals surface area contributed by atoms with Crippen LogP contribution in [-0.2, 0) is 9.59 Å². The van der Waals surface area contributed by atoms with Crippen LogP contribution in [0.25, 0.3) is 0 Å². The van der Waals surface area contributed by atoms with Crippen molar-refractivity contribution in [1.29, 1.82) is 0 Å². The number of likely N-dealkylation sites (N-methyl/N-ethyl adjacent to an activating group) is 2. The lowest BCUT2D eigenvalue weighted by atomic mass is 9.84. The second-order valence-electron chi connectivity index (χ2n) is 5.15. The van der Waals surface area contributed by atoms with E-state index in [0.29, 0.717) is 13.0 Å². The maximum absolute atomic E-state index is 12.0. The van der Waals surface area contributed by atoms with Gasteiger partial charge in [-0.15, -0.1) is 0 Å². The van der Waals surface area contributed by atoms with Gasteiger partial charge in [0.1, 0.15) is 0 Å². The summed E-state index contributed by atoms with van der Waals surface area (Å²) in [6.45, 7) is 1.44. The first-order valence-corrected chi connectivity index (χ1v) is 5.66. The Kier molecular flexibility index (Phi) is 2.66. The van der Waals surface area contributed by atoms with Crippen LogP contribution in [0.3, 0.4) is 0 Å². The maximum Gasteiger partial charge on any atom is 0.239 e. The van der Waals surface area contributed by atoms with Crippen LogP contribution >= 0.6 is 0 Å². The SMILES string of the molecule is CN(C)C(=O)C1CC2(CCNC2=O)CN1C. The van der Waals surface area contributed by atoms with Crippen LogP contribution in [-0.4, -0.2) is 61.9 Å². The molecule has 0 aromatic carbocycles. The summed E-state index contributed by atoms with van der Waals surface area (Å²) in [6.07, 6.45) is 1.51. The van der Waals surface area contributed by atoms with Gasteiger partial charge in [0.2, 0.25) is 11.8 Å². The van der Waals surface area contributed by atoms with Gasteiger partial charge >= 0.3 is 0 Å². The molecule has 2 heterocycles. The average Bonchev–Trinajstić information content (AvgIpc) is 2.72. The van der Waals surface area contributed by atoms with E-state index in [2.05, 4.69) is 5.32 Å². The zero-order valence-electron chi connectivity index (χ0n) is 10.1. The molecule has 2 saturated heterocycles. The average molecular weight is 225 g/mol. The summed E-state index contributed by atoms with van der Waals surface area (Å²) in [5.41, 5.74) is -0.314. The predicted octanol–water partition coefficient (Wildman–Crippen LogP) is -0.715. The molecule has 0 aromatic rings. The number of likely N-dealkylation sites (tertiary alicyclic amines) is 1. The zero-order chi connectivity index (χ0) is 11.9. The molecule has 2 atom stereocenters. The molecule has 0 aromatic heterocycles. The molecule has 2 aliphatic rings. The van der Waals surface area contributed by atoms with Crippen LogP contribution in [0.2, 0.25) is 0 Å². The number of hydrogen-bond donors (Lipinski definition) is 1. The van der Waals surface area contributed by atoms with Crippen molar-refractivity contribution in [3.8, 4) is 0 Å². The first-order chi connectivity index (χ1) is 7.46. The quantitative estimate of drug-likeness (QED) is 0.641. The third-order valence-corrected chi connectivity index (χ3v) is 3.76. The molecule has 0 aliphatic carbocycles. The summed E-state index contributed by atoms with van der Waals surface area (Å²) < 4.78 is 0. The second-order valence-corrected chi connectivity index (χ2v) is 5.15. The Balaban J connectivity index is 2.15. The molecule has 0 radical (unpaired) electrons. The number of carbonyl (C=O) groups is 2. The molecule has 5 nitrogen and oxygen atoms in total. The van der Waals surface area contributed by atoms with Crippen molar-refractivity contribution in [3.05, 3.63) is 0 Å². The van der Waals surface area contributed by atoms with Crippen LogP contribution in [0.5, 0.6) is 0 Å². The van der Waals surface area contributed by atoms with Gasteiger partial charge in [0.15, 0.2) is 0 Å². The highest BCUT2D eigenvalue weighted by Crippen LogP contribution is 2.40. The molecule has 0 saturated carbocycles. The van der Waals surface area contributed by atoms with Gasteiger partial charge in [0.05, 0.1) is 11.5 Å². The van der Waals surface area contributed by atoms with Gasteiger partial charge in [0.25, 0.3) is 0 Å². The van der Waals surface area contributed by atoms with Crippen LogP contribution in [0.15, 0.2) is 0 Å². The topological polar surface area (TPSA) is 52.7 Å². The molecular weight excluding hydrogens is 206 g/mol. The Morgan fingerprint density at radius 1 is 1.56 bits per heavy atom. The van der Waals surface area contributed by atoms with Crippen LogP contribution in [0.4, 0.5) is 0 Å². The number of carbonyl (C=O) groups excluding carboxylic acids is 2. The van der Waals surface area contributed by atoms with Crippen LogP contribution < -0.4 is 5.32 Å². The number of rotatable bonds is 1. The Bertz CT molecular complexity index is 329. The summed E-state index contributed by atoms with van der Waals surface area (Å²) in [6, 6.07) is -0.140. The van der Waals surface area contributed by atoms with E-state index in [9.17, 15) is 9.59 Å². The number of nitrogens with one attached hydrogen (secondary N) is 1. The number of hydrogen-bond acceptors (Lipinski definition) is 3. The molecule has 2 unspecified atom stereocenters. The summed E-state index contributed by atoms with van der Waals surface area (Å²) in [5, 5.41) is 2.87. The largest absolute Gasteiger partial charge is 0.356 e.